The van der Waals surface area contributed by atoms with Crippen LogP contribution in [0, 0.1) is 0 Å². The molecule has 0 saturated heterocycles. The number of nitrogen functional groups attached to an aromatic ring is 1. The highest BCUT2D eigenvalue weighted by atomic mass is 16.5. The molecule has 0 atom stereocenters. The van der Waals surface area contributed by atoms with Gasteiger partial charge in [0.2, 0.25) is 0 Å². The fraction of sp³-hybridized carbons (Fsp3) is 0.125. The molecule has 0 saturated carbocycles. The molecule has 0 radical (unpaired) electrons. The molecule has 0 aliphatic heterocycles. The SMILES string of the molecule is COc1ccc(C(=O)c2cccc(CC(=O)O)c2N)cc1. The minimum Gasteiger partial charge on any atom is -0.497 e. The van der Waals surface area contributed by atoms with Crippen LogP contribution in [0.25, 0.3) is 0 Å². The number of carbonyl (C=O) groups is 2. The quantitative estimate of drug-likeness (QED) is 0.649. The Bertz CT molecular complexity index is 677. The molecule has 3 N–H and O–H groups in total. The summed E-state index contributed by atoms with van der Waals surface area (Å²) in [5, 5.41) is 8.84. The average molecular weight is 285 g/mol. The number of carboxylic acids is 1. The lowest BCUT2D eigenvalue weighted by atomic mass is 9.98. The van der Waals surface area contributed by atoms with Gasteiger partial charge in [0.25, 0.3) is 0 Å². The Morgan fingerprint density at radius 3 is 2.38 bits per heavy atom. The van der Waals surface area contributed by atoms with Gasteiger partial charge in [-0.25, -0.2) is 0 Å². The monoisotopic (exact) mass is 285 g/mol. The predicted octanol–water partition coefficient (Wildman–Crippen LogP) is 2.14. The Morgan fingerprint density at radius 1 is 1.14 bits per heavy atom. The Labute approximate surface area is 122 Å². The first kappa shape index (κ1) is 14.6. The van der Waals surface area contributed by atoms with Gasteiger partial charge in [-0.1, -0.05) is 12.1 Å². The molecule has 2 aromatic carbocycles. The van der Waals surface area contributed by atoms with Crippen LogP contribution in [0.2, 0.25) is 0 Å². The van der Waals surface area contributed by atoms with Crippen molar-refractivity contribution in [1.29, 1.82) is 0 Å². The summed E-state index contributed by atoms with van der Waals surface area (Å²) in [5.74, 6) is -0.586. The van der Waals surface area contributed by atoms with E-state index in [2.05, 4.69) is 0 Å². The molecule has 2 aromatic rings. The van der Waals surface area contributed by atoms with Gasteiger partial charge in [0.15, 0.2) is 5.78 Å². The van der Waals surface area contributed by atoms with E-state index in [9.17, 15) is 9.59 Å². The highest BCUT2D eigenvalue weighted by Crippen LogP contribution is 2.22. The zero-order valence-electron chi connectivity index (χ0n) is 11.5. The van der Waals surface area contributed by atoms with Crippen LogP contribution in [0.15, 0.2) is 42.5 Å². The average Bonchev–Trinajstić information content (AvgIpc) is 2.48. The number of anilines is 1. The number of nitrogens with two attached hydrogens (primary N) is 1. The standard InChI is InChI=1S/C16H15NO4/c1-21-12-7-5-10(6-8-12)16(20)13-4-2-3-11(15(13)17)9-14(18)19/h2-8H,9,17H2,1H3,(H,18,19). The molecule has 0 amide bonds. The molecule has 5 nitrogen and oxygen atoms in total. The van der Waals surface area contributed by atoms with Gasteiger partial charge in [-0.2, -0.15) is 0 Å². The second-order valence-electron chi connectivity index (χ2n) is 4.51. The van der Waals surface area contributed by atoms with Crippen molar-refractivity contribution < 1.29 is 19.4 Å². The second kappa shape index (κ2) is 6.09. The third-order valence-electron chi connectivity index (χ3n) is 3.13. The number of ketones is 1. The van der Waals surface area contributed by atoms with Crippen molar-refractivity contribution in [3.63, 3.8) is 0 Å². The van der Waals surface area contributed by atoms with Crippen molar-refractivity contribution in [3.05, 3.63) is 59.2 Å². The predicted molar refractivity (Wildman–Crippen MR) is 78.6 cm³/mol. The summed E-state index contributed by atoms with van der Waals surface area (Å²) in [5.41, 5.74) is 7.33. The number of ether oxygens (including phenoxy) is 1. The minimum atomic E-state index is -0.990. The summed E-state index contributed by atoms with van der Waals surface area (Å²) in [7, 11) is 1.55. The molecular formula is C16H15NO4. The van der Waals surface area contributed by atoms with E-state index in [4.69, 9.17) is 15.6 Å². The Hall–Kier alpha value is -2.82. The van der Waals surface area contributed by atoms with Crippen LogP contribution >= 0.6 is 0 Å². The maximum absolute atomic E-state index is 12.4. The van der Waals surface area contributed by atoms with Gasteiger partial charge in [0.1, 0.15) is 5.75 Å². The number of hydrogen-bond acceptors (Lipinski definition) is 4. The maximum Gasteiger partial charge on any atom is 0.307 e. The van der Waals surface area contributed by atoms with E-state index in [1.807, 2.05) is 0 Å². The van der Waals surface area contributed by atoms with Gasteiger partial charge in [0, 0.05) is 16.8 Å². The first-order chi connectivity index (χ1) is 10.0. The number of rotatable bonds is 5. The number of hydrogen-bond donors (Lipinski definition) is 2. The van der Waals surface area contributed by atoms with Crippen LogP contribution < -0.4 is 10.5 Å². The van der Waals surface area contributed by atoms with E-state index >= 15 is 0 Å². The number of methoxy groups -OCH3 is 1. The molecule has 5 heteroatoms. The molecule has 0 aliphatic rings. The van der Waals surface area contributed by atoms with Gasteiger partial charge in [0.05, 0.1) is 13.5 Å². The van der Waals surface area contributed by atoms with Crippen molar-refractivity contribution in [2.24, 2.45) is 0 Å². The summed E-state index contributed by atoms with van der Waals surface area (Å²) in [6.07, 6.45) is -0.213. The summed E-state index contributed by atoms with van der Waals surface area (Å²) in [4.78, 5) is 23.2. The van der Waals surface area contributed by atoms with Crippen LogP contribution in [0.4, 0.5) is 5.69 Å². The molecule has 0 bridgehead atoms. The minimum absolute atomic E-state index is 0.209. The van der Waals surface area contributed by atoms with E-state index in [0.717, 1.165) is 0 Å². The first-order valence-corrected chi connectivity index (χ1v) is 6.31. The molecule has 108 valence electrons. The Balaban J connectivity index is 2.36. The molecule has 0 heterocycles. The number of aliphatic carboxylic acids is 1. The molecular weight excluding hydrogens is 270 g/mol. The van der Waals surface area contributed by atoms with Crippen molar-refractivity contribution >= 4 is 17.4 Å². The summed E-state index contributed by atoms with van der Waals surface area (Å²) < 4.78 is 5.04. The highest BCUT2D eigenvalue weighted by Gasteiger charge is 2.15. The van der Waals surface area contributed by atoms with Crippen LogP contribution in [0.5, 0.6) is 5.75 Å². The third-order valence-corrected chi connectivity index (χ3v) is 3.13. The van der Waals surface area contributed by atoms with Gasteiger partial charge in [-0.15, -0.1) is 0 Å². The molecule has 21 heavy (non-hydrogen) atoms. The fourth-order valence-electron chi connectivity index (χ4n) is 2.03. The largest absolute Gasteiger partial charge is 0.497 e. The number of carbonyl (C=O) groups excluding carboxylic acids is 1. The molecule has 2 rings (SSSR count). The topological polar surface area (TPSA) is 89.6 Å². The van der Waals surface area contributed by atoms with Gasteiger partial charge >= 0.3 is 5.97 Å². The maximum atomic E-state index is 12.4. The van der Waals surface area contributed by atoms with Crippen LogP contribution in [0.1, 0.15) is 21.5 Å². The number of para-hydroxylation sites is 1. The lowest BCUT2D eigenvalue weighted by Gasteiger charge is -2.09. The zero-order chi connectivity index (χ0) is 15.4. The number of benzene rings is 2. The first-order valence-electron chi connectivity index (χ1n) is 6.31. The van der Waals surface area contributed by atoms with Gasteiger partial charge < -0.3 is 15.6 Å². The normalized spacial score (nSPS) is 10.1. The fourth-order valence-corrected chi connectivity index (χ4v) is 2.03. The zero-order valence-corrected chi connectivity index (χ0v) is 11.5. The summed E-state index contributed by atoms with van der Waals surface area (Å²) >= 11 is 0. The van der Waals surface area contributed by atoms with E-state index in [1.165, 1.54) is 0 Å². The van der Waals surface area contributed by atoms with Crippen molar-refractivity contribution in [2.45, 2.75) is 6.42 Å². The second-order valence-corrected chi connectivity index (χ2v) is 4.51. The molecule has 0 aliphatic carbocycles. The lowest BCUT2D eigenvalue weighted by molar-refractivity contribution is -0.136. The van der Waals surface area contributed by atoms with Crippen LogP contribution in [0.3, 0.4) is 0 Å². The van der Waals surface area contributed by atoms with Gasteiger partial charge in [-0.05, 0) is 35.9 Å². The Kier molecular flexibility index (Phi) is 4.23. The highest BCUT2D eigenvalue weighted by molar-refractivity contribution is 6.12. The Morgan fingerprint density at radius 2 is 1.81 bits per heavy atom. The van der Waals surface area contributed by atoms with Crippen molar-refractivity contribution in [3.8, 4) is 5.75 Å². The summed E-state index contributed by atoms with van der Waals surface area (Å²) in [6.45, 7) is 0. The van der Waals surface area contributed by atoms with E-state index < -0.39 is 5.97 Å². The van der Waals surface area contributed by atoms with Crippen molar-refractivity contribution in [1.82, 2.24) is 0 Å². The van der Waals surface area contributed by atoms with E-state index in [-0.39, 0.29) is 17.9 Å². The van der Waals surface area contributed by atoms with E-state index in [0.29, 0.717) is 22.4 Å². The smallest absolute Gasteiger partial charge is 0.307 e. The van der Waals surface area contributed by atoms with Crippen LogP contribution in [-0.4, -0.2) is 24.0 Å². The van der Waals surface area contributed by atoms with E-state index in [1.54, 1.807) is 49.6 Å². The molecule has 0 aromatic heterocycles. The summed E-state index contributed by atoms with van der Waals surface area (Å²) in [6, 6.07) is 11.5. The molecule has 0 unspecified atom stereocenters. The third kappa shape index (κ3) is 3.20. The molecule has 0 spiro atoms. The van der Waals surface area contributed by atoms with Crippen LogP contribution in [-0.2, 0) is 11.2 Å². The number of carboxylic acid groups (broad SMARTS) is 1. The van der Waals surface area contributed by atoms with Crippen molar-refractivity contribution in [2.75, 3.05) is 12.8 Å². The molecule has 0 fully saturated rings. The lowest BCUT2D eigenvalue weighted by Crippen LogP contribution is -2.10. The van der Waals surface area contributed by atoms with Gasteiger partial charge in [-0.3, -0.25) is 9.59 Å².